The summed E-state index contributed by atoms with van der Waals surface area (Å²) in [4.78, 5) is 39.5. The van der Waals surface area contributed by atoms with E-state index in [1.807, 2.05) is 13.8 Å². The Morgan fingerprint density at radius 3 is 2.82 bits per heavy atom. The number of nitrogens with zero attached hydrogens (tertiary/aromatic N) is 1. The van der Waals surface area contributed by atoms with Gasteiger partial charge in [-0.2, -0.15) is 0 Å². The minimum atomic E-state index is -1.11. The molecule has 120 valence electrons. The molecule has 1 aliphatic rings. The van der Waals surface area contributed by atoms with E-state index in [0.29, 0.717) is 18.0 Å². The zero-order valence-corrected chi connectivity index (χ0v) is 12.7. The maximum absolute atomic E-state index is 12.6. The standard InChI is InChI=1S/C15H20N2O5/c1-9(2)5-11-6-10(7-13(18)16-11)14(19)17-3-4-22-8-12(17)15(20)21/h6-7,9,12H,3-5,8H2,1-2H3,(H,16,18)(H,20,21)/t12-/m1/s1. The molecule has 0 saturated carbocycles. The van der Waals surface area contributed by atoms with Gasteiger partial charge in [-0.05, 0) is 18.4 Å². The van der Waals surface area contributed by atoms with E-state index < -0.39 is 17.9 Å². The molecule has 1 aromatic rings. The summed E-state index contributed by atoms with van der Waals surface area (Å²) in [5.41, 5.74) is 0.528. The number of carboxylic acids is 1. The highest BCUT2D eigenvalue weighted by atomic mass is 16.5. The molecule has 1 saturated heterocycles. The summed E-state index contributed by atoms with van der Waals surface area (Å²) in [5.74, 6) is -1.23. The number of ether oxygens (including phenoxy) is 1. The predicted molar refractivity (Wildman–Crippen MR) is 78.9 cm³/mol. The summed E-state index contributed by atoms with van der Waals surface area (Å²) in [6, 6.07) is 1.81. The number of aromatic amines is 1. The number of aromatic nitrogens is 1. The van der Waals surface area contributed by atoms with Crippen LogP contribution in [0.4, 0.5) is 0 Å². The van der Waals surface area contributed by atoms with Crippen LogP contribution >= 0.6 is 0 Å². The fourth-order valence-electron chi connectivity index (χ4n) is 2.49. The maximum atomic E-state index is 12.6. The molecule has 0 aliphatic carbocycles. The highest BCUT2D eigenvalue weighted by Gasteiger charge is 2.33. The maximum Gasteiger partial charge on any atom is 0.328 e. The number of aliphatic carboxylic acids is 1. The molecule has 7 nitrogen and oxygen atoms in total. The van der Waals surface area contributed by atoms with Gasteiger partial charge in [-0.15, -0.1) is 0 Å². The highest BCUT2D eigenvalue weighted by molar-refractivity contribution is 5.96. The van der Waals surface area contributed by atoms with Gasteiger partial charge < -0.3 is 19.7 Å². The minimum Gasteiger partial charge on any atom is -0.480 e. The average molecular weight is 308 g/mol. The second-order valence-electron chi connectivity index (χ2n) is 5.78. The van der Waals surface area contributed by atoms with E-state index in [4.69, 9.17) is 4.74 Å². The normalized spacial score (nSPS) is 18.5. The lowest BCUT2D eigenvalue weighted by Crippen LogP contribution is -2.52. The van der Waals surface area contributed by atoms with Crippen LogP contribution in [-0.4, -0.2) is 52.7 Å². The van der Waals surface area contributed by atoms with Crippen LogP contribution < -0.4 is 5.56 Å². The number of carboxylic acid groups (broad SMARTS) is 1. The van der Waals surface area contributed by atoms with Crippen molar-refractivity contribution in [2.24, 2.45) is 5.92 Å². The zero-order valence-electron chi connectivity index (χ0n) is 12.7. The molecule has 0 aromatic carbocycles. The summed E-state index contributed by atoms with van der Waals surface area (Å²) < 4.78 is 5.12. The van der Waals surface area contributed by atoms with Gasteiger partial charge >= 0.3 is 5.97 Å². The topological polar surface area (TPSA) is 99.7 Å². The fourth-order valence-corrected chi connectivity index (χ4v) is 2.49. The molecule has 0 unspecified atom stereocenters. The van der Waals surface area contributed by atoms with Crippen molar-refractivity contribution >= 4 is 11.9 Å². The lowest BCUT2D eigenvalue weighted by Gasteiger charge is -2.32. The first-order chi connectivity index (χ1) is 10.4. The largest absolute Gasteiger partial charge is 0.480 e. The molecule has 1 aliphatic heterocycles. The Bertz CT molecular complexity index is 623. The van der Waals surface area contributed by atoms with E-state index in [9.17, 15) is 19.5 Å². The summed E-state index contributed by atoms with van der Waals surface area (Å²) in [7, 11) is 0. The molecule has 2 rings (SSSR count). The Morgan fingerprint density at radius 1 is 1.45 bits per heavy atom. The Hall–Kier alpha value is -2.15. The number of amides is 1. The van der Waals surface area contributed by atoms with Crippen LogP contribution in [-0.2, 0) is 16.0 Å². The lowest BCUT2D eigenvalue weighted by atomic mass is 10.1. The third kappa shape index (κ3) is 3.73. The van der Waals surface area contributed by atoms with E-state index in [1.54, 1.807) is 6.07 Å². The van der Waals surface area contributed by atoms with Gasteiger partial charge in [0.05, 0.1) is 13.2 Å². The van der Waals surface area contributed by atoms with Crippen molar-refractivity contribution in [2.45, 2.75) is 26.3 Å². The Kier molecular flexibility index (Phi) is 4.97. The van der Waals surface area contributed by atoms with Gasteiger partial charge in [0.2, 0.25) is 5.56 Å². The lowest BCUT2D eigenvalue weighted by molar-refractivity contribution is -0.147. The first kappa shape index (κ1) is 16.2. The van der Waals surface area contributed by atoms with Gasteiger partial charge in [0.25, 0.3) is 5.91 Å². The molecule has 2 heterocycles. The molecule has 0 spiro atoms. The van der Waals surface area contributed by atoms with Crippen LogP contribution in [0.15, 0.2) is 16.9 Å². The van der Waals surface area contributed by atoms with Gasteiger partial charge in [-0.3, -0.25) is 9.59 Å². The Labute approximate surface area is 127 Å². The van der Waals surface area contributed by atoms with E-state index in [0.717, 1.165) is 0 Å². The zero-order chi connectivity index (χ0) is 16.3. The van der Waals surface area contributed by atoms with E-state index in [1.165, 1.54) is 11.0 Å². The average Bonchev–Trinajstić information content (AvgIpc) is 2.45. The van der Waals surface area contributed by atoms with Gasteiger partial charge in [-0.1, -0.05) is 13.8 Å². The molecule has 7 heteroatoms. The van der Waals surface area contributed by atoms with Gasteiger partial charge in [0, 0.05) is 23.9 Å². The number of rotatable bonds is 4. The first-order valence-corrected chi connectivity index (χ1v) is 7.23. The van der Waals surface area contributed by atoms with Crippen LogP contribution in [0.1, 0.15) is 29.9 Å². The van der Waals surface area contributed by atoms with Crippen molar-refractivity contribution in [3.8, 4) is 0 Å². The number of carbonyl (C=O) groups excluding carboxylic acids is 1. The number of hydrogen-bond acceptors (Lipinski definition) is 4. The predicted octanol–water partition coefficient (Wildman–Crippen LogP) is 0.499. The first-order valence-electron chi connectivity index (χ1n) is 7.23. The van der Waals surface area contributed by atoms with Crippen molar-refractivity contribution in [1.82, 2.24) is 9.88 Å². The van der Waals surface area contributed by atoms with Crippen molar-refractivity contribution in [1.29, 1.82) is 0 Å². The molecule has 22 heavy (non-hydrogen) atoms. The number of carbonyl (C=O) groups is 2. The van der Waals surface area contributed by atoms with Crippen molar-refractivity contribution in [3.05, 3.63) is 33.7 Å². The second-order valence-corrected chi connectivity index (χ2v) is 5.78. The van der Waals surface area contributed by atoms with Crippen LogP contribution in [0.2, 0.25) is 0 Å². The smallest absolute Gasteiger partial charge is 0.328 e. The monoisotopic (exact) mass is 308 g/mol. The minimum absolute atomic E-state index is 0.0386. The molecule has 0 bridgehead atoms. The Morgan fingerprint density at radius 2 is 2.18 bits per heavy atom. The fraction of sp³-hybridized carbons (Fsp3) is 0.533. The van der Waals surface area contributed by atoms with Crippen LogP contribution in [0.25, 0.3) is 0 Å². The molecule has 1 fully saturated rings. The molecule has 2 N–H and O–H groups in total. The second kappa shape index (κ2) is 6.74. The molecular formula is C15H20N2O5. The van der Waals surface area contributed by atoms with Gasteiger partial charge in [-0.25, -0.2) is 4.79 Å². The highest BCUT2D eigenvalue weighted by Crippen LogP contribution is 2.14. The van der Waals surface area contributed by atoms with Crippen molar-refractivity contribution in [3.63, 3.8) is 0 Å². The number of pyridine rings is 1. The summed E-state index contributed by atoms with van der Waals surface area (Å²) in [6.45, 7) is 4.47. The third-order valence-electron chi connectivity index (χ3n) is 3.45. The summed E-state index contributed by atoms with van der Waals surface area (Å²) >= 11 is 0. The van der Waals surface area contributed by atoms with E-state index in [-0.39, 0.29) is 30.9 Å². The number of hydrogen-bond donors (Lipinski definition) is 2. The van der Waals surface area contributed by atoms with Crippen molar-refractivity contribution in [2.75, 3.05) is 19.8 Å². The summed E-state index contributed by atoms with van der Waals surface area (Å²) in [5, 5.41) is 9.19. The number of nitrogens with one attached hydrogen (secondary N) is 1. The SMILES string of the molecule is CC(C)Cc1cc(C(=O)N2CCOC[C@@H]2C(=O)O)cc(=O)[nH]1. The molecule has 1 aromatic heterocycles. The van der Waals surface area contributed by atoms with Crippen LogP contribution in [0.3, 0.4) is 0 Å². The molecule has 1 amide bonds. The summed E-state index contributed by atoms with van der Waals surface area (Å²) in [6.07, 6.45) is 0.641. The Balaban J connectivity index is 2.29. The molecule has 0 radical (unpaired) electrons. The van der Waals surface area contributed by atoms with Crippen LogP contribution in [0.5, 0.6) is 0 Å². The van der Waals surface area contributed by atoms with Crippen molar-refractivity contribution < 1.29 is 19.4 Å². The van der Waals surface area contributed by atoms with Crippen LogP contribution in [0, 0.1) is 5.92 Å². The molecule has 1 atom stereocenters. The third-order valence-corrected chi connectivity index (χ3v) is 3.45. The van der Waals surface area contributed by atoms with E-state index >= 15 is 0 Å². The van der Waals surface area contributed by atoms with Gasteiger partial charge in [0.1, 0.15) is 0 Å². The van der Waals surface area contributed by atoms with Gasteiger partial charge in [0.15, 0.2) is 6.04 Å². The number of H-pyrrole nitrogens is 1. The molecular weight excluding hydrogens is 288 g/mol. The number of morpholine rings is 1. The van der Waals surface area contributed by atoms with E-state index in [2.05, 4.69) is 4.98 Å². The quantitative estimate of drug-likeness (QED) is 0.843.